The van der Waals surface area contributed by atoms with Crippen LogP contribution >= 0.6 is 0 Å². The topological polar surface area (TPSA) is 59.1 Å². The second kappa shape index (κ2) is 5.33. The first kappa shape index (κ1) is 12.7. The van der Waals surface area contributed by atoms with Gasteiger partial charge in [0.15, 0.2) is 0 Å². The largest absolute Gasteiger partial charge is 0.373 e. The third kappa shape index (κ3) is 2.81. The molecule has 0 saturated carbocycles. The monoisotopic (exact) mass is 262 g/mol. The van der Waals surface area contributed by atoms with Crippen LogP contribution in [-0.2, 0) is 4.74 Å². The molecule has 104 valence electrons. The van der Waals surface area contributed by atoms with Crippen molar-refractivity contribution in [3.8, 4) is 0 Å². The van der Waals surface area contributed by atoms with Crippen LogP contribution in [0.3, 0.4) is 0 Å². The normalized spacial score (nSPS) is 28.6. The van der Waals surface area contributed by atoms with Crippen molar-refractivity contribution in [2.24, 2.45) is 0 Å². The summed E-state index contributed by atoms with van der Waals surface area (Å²) in [6, 6.07) is 2.41. The van der Waals surface area contributed by atoms with Crippen molar-refractivity contribution in [3.05, 3.63) is 11.8 Å². The first-order valence-electron chi connectivity index (χ1n) is 7.26. The Hall–Kier alpha value is -1.36. The molecule has 19 heavy (non-hydrogen) atoms. The fraction of sp³-hybridized carbons (Fsp3) is 0.714. The number of nitrogens with one attached hydrogen (secondary N) is 2. The lowest BCUT2D eigenvalue weighted by atomic mass is 9.95. The first-order chi connectivity index (χ1) is 9.24. The van der Waals surface area contributed by atoms with Crippen molar-refractivity contribution in [2.45, 2.75) is 57.8 Å². The Kier molecular flexibility index (Phi) is 3.55. The molecule has 3 rings (SSSR count). The zero-order valence-electron chi connectivity index (χ0n) is 11.6. The molecule has 0 spiro atoms. The molecule has 0 aliphatic carbocycles. The molecule has 3 heterocycles. The number of anilines is 2. The van der Waals surface area contributed by atoms with Gasteiger partial charge in [0.2, 0.25) is 5.95 Å². The Morgan fingerprint density at radius 3 is 2.95 bits per heavy atom. The summed E-state index contributed by atoms with van der Waals surface area (Å²) in [6.07, 6.45) is 5.39. The smallest absolute Gasteiger partial charge is 0.224 e. The quantitative estimate of drug-likeness (QED) is 0.853. The second-order valence-corrected chi connectivity index (χ2v) is 5.51. The number of ether oxygens (including phenoxy) is 1. The molecule has 1 aromatic rings. The Balaban J connectivity index is 1.68. The number of fused-ring (bicyclic) bond motifs is 2. The van der Waals surface area contributed by atoms with E-state index in [1.54, 1.807) is 0 Å². The fourth-order valence-corrected chi connectivity index (χ4v) is 2.94. The lowest BCUT2D eigenvalue weighted by molar-refractivity contribution is 0.102. The maximum absolute atomic E-state index is 5.86. The summed E-state index contributed by atoms with van der Waals surface area (Å²) in [7, 11) is 0. The van der Waals surface area contributed by atoms with E-state index in [1.165, 1.54) is 12.8 Å². The van der Waals surface area contributed by atoms with E-state index in [1.807, 2.05) is 13.0 Å². The molecule has 0 amide bonds. The van der Waals surface area contributed by atoms with Crippen molar-refractivity contribution in [1.29, 1.82) is 0 Å². The molecular weight excluding hydrogens is 240 g/mol. The van der Waals surface area contributed by atoms with Gasteiger partial charge in [-0.3, -0.25) is 0 Å². The summed E-state index contributed by atoms with van der Waals surface area (Å²) in [6.45, 7) is 5.04. The number of aromatic nitrogens is 2. The summed E-state index contributed by atoms with van der Waals surface area (Å²) < 4.78 is 5.86. The third-order valence-corrected chi connectivity index (χ3v) is 3.83. The van der Waals surface area contributed by atoms with Gasteiger partial charge in [-0.2, -0.15) is 4.98 Å². The maximum Gasteiger partial charge on any atom is 0.224 e. The molecule has 0 radical (unpaired) electrons. The van der Waals surface area contributed by atoms with Crippen LogP contribution in [0.1, 0.15) is 38.3 Å². The van der Waals surface area contributed by atoms with Gasteiger partial charge in [0.1, 0.15) is 5.82 Å². The van der Waals surface area contributed by atoms with Gasteiger partial charge in [-0.1, -0.05) is 6.92 Å². The summed E-state index contributed by atoms with van der Waals surface area (Å²) in [5, 5.41) is 6.75. The summed E-state index contributed by atoms with van der Waals surface area (Å²) in [4.78, 5) is 8.93. The van der Waals surface area contributed by atoms with Gasteiger partial charge in [-0.05, 0) is 32.6 Å². The molecule has 2 N–H and O–H groups in total. The summed E-state index contributed by atoms with van der Waals surface area (Å²) in [5.41, 5.74) is 0.986. The molecule has 2 saturated heterocycles. The lowest BCUT2D eigenvalue weighted by Gasteiger charge is -2.21. The average molecular weight is 262 g/mol. The summed E-state index contributed by atoms with van der Waals surface area (Å²) in [5.74, 6) is 1.63. The minimum Gasteiger partial charge on any atom is -0.373 e. The maximum atomic E-state index is 5.86. The number of nitrogens with zero attached hydrogens (tertiary/aromatic N) is 2. The van der Waals surface area contributed by atoms with E-state index >= 15 is 0 Å². The zero-order chi connectivity index (χ0) is 13.2. The molecule has 2 fully saturated rings. The van der Waals surface area contributed by atoms with Crippen LogP contribution in [0.2, 0.25) is 0 Å². The molecule has 3 atom stereocenters. The molecule has 5 nitrogen and oxygen atoms in total. The van der Waals surface area contributed by atoms with Gasteiger partial charge in [0.05, 0.1) is 18.2 Å². The molecular formula is C14H22N4O. The number of aryl methyl sites for hydroxylation is 1. The number of hydrogen-bond donors (Lipinski definition) is 2. The van der Waals surface area contributed by atoms with Crippen LogP contribution < -0.4 is 10.6 Å². The highest BCUT2D eigenvalue weighted by atomic mass is 16.5. The molecule has 3 unspecified atom stereocenters. The Morgan fingerprint density at radius 1 is 1.37 bits per heavy atom. The van der Waals surface area contributed by atoms with Gasteiger partial charge >= 0.3 is 0 Å². The fourth-order valence-electron chi connectivity index (χ4n) is 2.94. The van der Waals surface area contributed by atoms with Crippen LogP contribution in [0.4, 0.5) is 11.8 Å². The van der Waals surface area contributed by atoms with E-state index in [4.69, 9.17) is 4.74 Å². The molecule has 2 aliphatic rings. The molecule has 2 bridgehead atoms. The van der Waals surface area contributed by atoms with E-state index in [0.29, 0.717) is 24.2 Å². The van der Waals surface area contributed by atoms with Crippen molar-refractivity contribution in [2.75, 3.05) is 17.2 Å². The van der Waals surface area contributed by atoms with E-state index < -0.39 is 0 Å². The number of hydrogen-bond acceptors (Lipinski definition) is 5. The molecule has 2 aliphatic heterocycles. The minimum atomic E-state index is 0.368. The second-order valence-electron chi connectivity index (χ2n) is 5.51. The van der Waals surface area contributed by atoms with E-state index in [0.717, 1.165) is 30.9 Å². The average Bonchev–Trinajstić information content (AvgIpc) is 2.98. The summed E-state index contributed by atoms with van der Waals surface area (Å²) >= 11 is 0. The van der Waals surface area contributed by atoms with Crippen LogP contribution in [0, 0.1) is 6.92 Å². The Bertz CT molecular complexity index is 451. The van der Waals surface area contributed by atoms with E-state index in [9.17, 15) is 0 Å². The van der Waals surface area contributed by atoms with E-state index in [2.05, 4.69) is 27.5 Å². The SMILES string of the molecule is CCCNc1nc(C)cc(NC2CC3CCC2O3)n1. The van der Waals surface area contributed by atoms with Gasteiger partial charge in [-0.15, -0.1) is 0 Å². The van der Waals surface area contributed by atoms with Gasteiger partial charge in [-0.25, -0.2) is 4.98 Å². The van der Waals surface area contributed by atoms with Crippen molar-refractivity contribution in [1.82, 2.24) is 9.97 Å². The standard InChI is InChI=1S/C14H22N4O/c1-3-6-15-14-16-9(2)7-13(18-14)17-11-8-10-4-5-12(11)19-10/h7,10-12H,3-6,8H2,1-2H3,(H2,15,16,17,18). The van der Waals surface area contributed by atoms with Crippen molar-refractivity contribution >= 4 is 11.8 Å². The van der Waals surface area contributed by atoms with Crippen LogP contribution in [-0.4, -0.2) is 34.8 Å². The number of rotatable bonds is 5. The van der Waals surface area contributed by atoms with Crippen molar-refractivity contribution in [3.63, 3.8) is 0 Å². The van der Waals surface area contributed by atoms with E-state index in [-0.39, 0.29) is 0 Å². The van der Waals surface area contributed by atoms with Gasteiger partial charge < -0.3 is 15.4 Å². The minimum absolute atomic E-state index is 0.368. The molecule has 5 heteroatoms. The first-order valence-corrected chi connectivity index (χ1v) is 7.26. The lowest BCUT2D eigenvalue weighted by Crippen LogP contribution is -2.31. The Morgan fingerprint density at radius 2 is 2.26 bits per heavy atom. The van der Waals surface area contributed by atoms with Crippen LogP contribution in [0.15, 0.2) is 6.07 Å². The van der Waals surface area contributed by atoms with Crippen LogP contribution in [0.5, 0.6) is 0 Å². The van der Waals surface area contributed by atoms with Gasteiger partial charge in [0, 0.05) is 18.3 Å². The zero-order valence-corrected chi connectivity index (χ0v) is 11.6. The third-order valence-electron chi connectivity index (χ3n) is 3.83. The highest BCUT2D eigenvalue weighted by molar-refractivity contribution is 5.43. The predicted molar refractivity (Wildman–Crippen MR) is 75.5 cm³/mol. The van der Waals surface area contributed by atoms with Crippen LogP contribution in [0.25, 0.3) is 0 Å². The van der Waals surface area contributed by atoms with Gasteiger partial charge in [0.25, 0.3) is 0 Å². The molecule has 0 aromatic carbocycles. The Labute approximate surface area is 114 Å². The predicted octanol–water partition coefficient (Wildman–Crippen LogP) is 2.34. The van der Waals surface area contributed by atoms with Crippen molar-refractivity contribution < 1.29 is 4.74 Å². The highest BCUT2D eigenvalue weighted by Crippen LogP contribution is 2.35. The highest BCUT2D eigenvalue weighted by Gasteiger charge is 2.40. The molecule has 1 aromatic heterocycles.